The minimum absolute atomic E-state index is 0.0586. The maximum Gasteiger partial charge on any atom is 0.328 e. The van der Waals surface area contributed by atoms with E-state index in [1.54, 1.807) is 31.2 Å². The lowest BCUT2D eigenvalue weighted by Gasteiger charge is -2.13. The molecule has 1 N–H and O–H groups in total. The Morgan fingerprint density at radius 1 is 1.07 bits per heavy atom. The Hall–Kier alpha value is -3.48. The molecule has 0 fully saturated rings. The molecule has 0 aliphatic carbocycles. The van der Waals surface area contributed by atoms with Crippen molar-refractivity contribution in [2.24, 2.45) is 0 Å². The number of methoxy groups -OCH3 is 1. The Kier molecular flexibility index (Phi) is 5.84. The molecule has 0 saturated heterocycles. The maximum atomic E-state index is 12.8. The molecular weight excluding hydrogens is 358 g/mol. The summed E-state index contributed by atoms with van der Waals surface area (Å²) in [5, 5.41) is 8.14. The van der Waals surface area contributed by atoms with E-state index in [0.717, 1.165) is 5.56 Å². The van der Waals surface area contributed by atoms with Crippen LogP contribution in [0.25, 0.3) is 10.8 Å². The van der Waals surface area contributed by atoms with Crippen molar-refractivity contribution in [3.63, 3.8) is 0 Å². The van der Waals surface area contributed by atoms with Gasteiger partial charge in [-0.15, -0.1) is 0 Å². The minimum Gasteiger partial charge on any atom is -0.467 e. The highest BCUT2D eigenvalue weighted by atomic mass is 16.5. The van der Waals surface area contributed by atoms with Crippen molar-refractivity contribution in [1.82, 2.24) is 15.1 Å². The van der Waals surface area contributed by atoms with Crippen molar-refractivity contribution in [3.05, 3.63) is 76.2 Å². The lowest BCUT2D eigenvalue weighted by molar-refractivity contribution is -0.144. The number of amides is 1. The number of hydrogen-bond acceptors (Lipinski definition) is 5. The van der Waals surface area contributed by atoms with Gasteiger partial charge in [0.05, 0.1) is 31.2 Å². The average molecular weight is 379 g/mol. The Balaban J connectivity index is 1.95. The van der Waals surface area contributed by atoms with E-state index in [1.165, 1.54) is 11.8 Å². The van der Waals surface area contributed by atoms with Crippen LogP contribution in [0, 0.1) is 0 Å². The first-order valence-electron chi connectivity index (χ1n) is 8.89. The van der Waals surface area contributed by atoms with Gasteiger partial charge in [-0.25, -0.2) is 9.48 Å². The van der Waals surface area contributed by atoms with Crippen LogP contribution in [0.2, 0.25) is 0 Å². The number of hydrogen-bond donors (Lipinski definition) is 1. The van der Waals surface area contributed by atoms with Crippen molar-refractivity contribution < 1.29 is 14.3 Å². The van der Waals surface area contributed by atoms with Crippen LogP contribution in [-0.2, 0) is 27.3 Å². The van der Waals surface area contributed by atoms with E-state index >= 15 is 0 Å². The van der Waals surface area contributed by atoms with Gasteiger partial charge in [-0.3, -0.25) is 9.59 Å². The first-order chi connectivity index (χ1) is 13.5. The fourth-order valence-corrected chi connectivity index (χ4v) is 2.98. The average Bonchev–Trinajstić information content (AvgIpc) is 2.71. The molecule has 7 nitrogen and oxygen atoms in total. The van der Waals surface area contributed by atoms with E-state index in [9.17, 15) is 14.4 Å². The molecule has 0 aliphatic rings. The second-order valence-corrected chi connectivity index (χ2v) is 6.43. The van der Waals surface area contributed by atoms with Crippen LogP contribution in [0.4, 0.5) is 0 Å². The van der Waals surface area contributed by atoms with Crippen LogP contribution in [0.5, 0.6) is 0 Å². The molecule has 0 aliphatic heterocycles. The van der Waals surface area contributed by atoms with Gasteiger partial charge in [0.2, 0.25) is 5.91 Å². The summed E-state index contributed by atoms with van der Waals surface area (Å²) >= 11 is 0. The first kappa shape index (κ1) is 19.3. The van der Waals surface area contributed by atoms with Crippen molar-refractivity contribution in [2.45, 2.75) is 25.9 Å². The molecule has 3 rings (SSSR count). The zero-order valence-corrected chi connectivity index (χ0v) is 15.7. The summed E-state index contributed by atoms with van der Waals surface area (Å²) in [6.45, 7) is 1.85. The van der Waals surface area contributed by atoms with E-state index in [2.05, 4.69) is 15.2 Å². The largest absolute Gasteiger partial charge is 0.467 e. The highest BCUT2D eigenvalue weighted by molar-refractivity contribution is 5.90. The molecule has 0 spiro atoms. The molecule has 0 bridgehead atoms. The standard InChI is InChI=1S/C21H21N3O4/c1-14(21(27)28-2)22-19(25)12-18-16-10-6-7-11-17(16)20(26)24(23-18)13-15-8-4-3-5-9-15/h3-11,14H,12-13H2,1-2H3,(H,22,25)/t14-/m1/s1. The summed E-state index contributed by atoms with van der Waals surface area (Å²) in [4.78, 5) is 36.7. The van der Waals surface area contributed by atoms with Gasteiger partial charge in [0.15, 0.2) is 0 Å². The summed E-state index contributed by atoms with van der Waals surface area (Å²) in [6, 6.07) is 15.8. The van der Waals surface area contributed by atoms with Crippen molar-refractivity contribution >= 4 is 22.6 Å². The van der Waals surface area contributed by atoms with Gasteiger partial charge in [-0.2, -0.15) is 5.10 Å². The lowest BCUT2D eigenvalue weighted by Crippen LogP contribution is -2.40. The topological polar surface area (TPSA) is 90.3 Å². The Bertz CT molecular complexity index is 1060. The number of carbonyl (C=O) groups is 2. The molecule has 0 saturated carbocycles. The highest BCUT2D eigenvalue weighted by Crippen LogP contribution is 2.14. The molecule has 7 heteroatoms. The first-order valence-corrected chi connectivity index (χ1v) is 8.89. The number of benzene rings is 2. The van der Waals surface area contributed by atoms with Gasteiger partial charge in [-0.05, 0) is 18.6 Å². The number of fused-ring (bicyclic) bond motifs is 1. The molecule has 1 atom stereocenters. The van der Waals surface area contributed by atoms with Crippen molar-refractivity contribution in [3.8, 4) is 0 Å². The number of carbonyl (C=O) groups excluding carboxylic acids is 2. The molecule has 2 aromatic carbocycles. The van der Waals surface area contributed by atoms with Crippen LogP contribution in [0.3, 0.4) is 0 Å². The van der Waals surface area contributed by atoms with Gasteiger partial charge < -0.3 is 10.1 Å². The third-order valence-corrected chi connectivity index (χ3v) is 4.38. The highest BCUT2D eigenvalue weighted by Gasteiger charge is 2.18. The quantitative estimate of drug-likeness (QED) is 0.658. The van der Waals surface area contributed by atoms with Crippen LogP contribution in [-0.4, -0.2) is 34.8 Å². The molecule has 28 heavy (non-hydrogen) atoms. The predicted molar refractivity (Wildman–Crippen MR) is 105 cm³/mol. The molecule has 1 amide bonds. The number of nitrogens with one attached hydrogen (secondary N) is 1. The Labute approximate surface area is 161 Å². The van der Waals surface area contributed by atoms with Gasteiger partial charge in [0.25, 0.3) is 5.56 Å². The summed E-state index contributed by atoms with van der Waals surface area (Å²) in [6.07, 6.45) is -0.0586. The molecular formula is C21H21N3O4. The van der Waals surface area contributed by atoms with Crippen LogP contribution in [0.15, 0.2) is 59.4 Å². The van der Waals surface area contributed by atoms with Crippen LogP contribution in [0.1, 0.15) is 18.2 Å². The lowest BCUT2D eigenvalue weighted by atomic mass is 10.1. The van der Waals surface area contributed by atoms with Crippen molar-refractivity contribution in [1.29, 1.82) is 0 Å². The second kappa shape index (κ2) is 8.47. The van der Waals surface area contributed by atoms with E-state index in [1.807, 2.05) is 30.3 Å². The van der Waals surface area contributed by atoms with E-state index < -0.39 is 12.0 Å². The van der Waals surface area contributed by atoms with E-state index in [4.69, 9.17) is 0 Å². The third-order valence-electron chi connectivity index (χ3n) is 4.38. The molecule has 0 unspecified atom stereocenters. The number of nitrogens with zero attached hydrogens (tertiary/aromatic N) is 2. The van der Waals surface area contributed by atoms with Gasteiger partial charge in [-0.1, -0.05) is 48.5 Å². The summed E-state index contributed by atoms with van der Waals surface area (Å²) < 4.78 is 5.98. The van der Waals surface area contributed by atoms with E-state index in [-0.39, 0.29) is 17.9 Å². The monoisotopic (exact) mass is 379 g/mol. The molecule has 1 heterocycles. The Morgan fingerprint density at radius 3 is 2.39 bits per heavy atom. The second-order valence-electron chi connectivity index (χ2n) is 6.43. The molecule has 3 aromatic rings. The normalized spacial score (nSPS) is 11.8. The zero-order chi connectivity index (χ0) is 20.1. The smallest absolute Gasteiger partial charge is 0.328 e. The van der Waals surface area contributed by atoms with Gasteiger partial charge in [0.1, 0.15) is 6.04 Å². The number of esters is 1. The van der Waals surface area contributed by atoms with Crippen molar-refractivity contribution in [2.75, 3.05) is 7.11 Å². The summed E-state index contributed by atoms with van der Waals surface area (Å²) in [5.74, 6) is -0.902. The zero-order valence-electron chi connectivity index (χ0n) is 15.7. The molecule has 0 radical (unpaired) electrons. The molecule has 144 valence electrons. The third kappa shape index (κ3) is 4.25. The van der Waals surface area contributed by atoms with Crippen LogP contribution >= 0.6 is 0 Å². The number of ether oxygens (including phenoxy) is 1. The van der Waals surface area contributed by atoms with E-state index in [0.29, 0.717) is 23.0 Å². The predicted octanol–water partition coefficient (Wildman–Crippen LogP) is 1.66. The number of rotatable bonds is 6. The fraction of sp³-hybridized carbons (Fsp3) is 0.238. The Morgan fingerprint density at radius 2 is 1.71 bits per heavy atom. The number of aromatic nitrogens is 2. The maximum absolute atomic E-state index is 12.8. The summed E-state index contributed by atoms with van der Waals surface area (Å²) in [5.41, 5.74) is 1.19. The van der Waals surface area contributed by atoms with Gasteiger partial charge in [0, 0.05) is 5.39 Å². The fourth-order valence-electron chi connectivity index (χ4n) is 2.98. The SMILES string of the molecule is COC(=O)[C@@H](C)NC(=O)Cc1nn(Cc2ccccc2)c(=O)c2ccccc12. The molecule has 1 aromatic heterocycles. The van der Waals surface area contributed by atoms with Gasteiger partial charge >= 0.3 is 5.97 Å². The minimum atomic E-state index is -0.765. The van der Waals surface area contributed by atoms with Crippen LogP contribution < -0.4 is 10.9 Å². The summed E-state index contributed by atoms with van der Waals surface area (Å²) in [7, 11) is 1.26.